The van der Waals surface area contributed by atoms with Gasteiger partial charge in [0.25, 0.3) is 5.69 Å². The molecule has 0 radical (unpaired) electrons. The highest BCUT2D eigenvalue weighted by Gasteiger charge is 2.12. The quantitative estimate of drug-likeness (QED) is 0.499. The van der Waals surface area contributed by atoms with E-state index < -0.39 is 4.92 Å². The van der Waals surface area contributed by atoms with Gasteiger partial charge in [-0.3, -0.25) is 14.9 Å². The Balaban J connectivity index is 2.75. The molecule has 6 heteroatoms. The number of alkyl halides is 1. The topological polar surface area (TPSA) is 72.2 Å². The number of nitrogens with zero attached hydrogens (tertiary/aromatic N) is 1. The normalized spacial score (nSPS) is 11.9. The zero-order valence-electron chi connectivity index (χ0n) is 9.35. The molecule has 1 unspecified atom stereocenters. The lowest BCUT2D eigenvalue weighted by Crippen LogP contribution is -2.26. The van der Waals surface area contributed by atoms with Gasteiger partial charge in [-0.05, 0) is 12.5 Å². The van der Waals surface area contributed by atoms with Gasteiger partial charge in [0.15, 0.2) is 0 Å². The summed E-state index contributed by atoms with van der Waals surface area (Å²) in [6.07, 6.45) is 0.237. The molecule has 92 valence electrons. The van der Waals surface area contributed by atoms with Crippen molar-refractivity contribution in [3.05, 3.63) is 39.9 Å². The maximum atomic E-state index is 11.3. The molecular formula is C11H13ClN2O3. The van der Waals surface area contributed by atoms with Crippen LogP contribution in [-0.2, 0) is 4.79 Å². The van der Waals surface area contributed by atoms with E-state index in [9.17, 15) is 14.9 Å². The Kier molecular flexibility index (Phi) is 4.90. The van der Waals surface area contributed by atoms with Crippen molar-refractivity contribution in [2.24, 2.45) is 0 Å². The molecule has 1 aromatic carbocycles. The second kappa shape index (κ2) is 6.20. The van der Waals surface area contributed by atoms with Gasteiger partial charge in [-0.25, -0.2) is 0 Å². The minimum Gasteiger partial charge on any atom is -0.350 e. The number of hydrogen-bond donors (Lipinski definition) is 1. The Morgan fingerprint density at radius 2 is 2.29 bits per heavy atom. The number of nitro groups is 1. The molecule has 0 aliphatic heterocycles. The van der Waals surface area contributed by atoms with Gasteiger partial charge in [-0.2, -0.15) is 0 Å². The third-order valence-electron chi connectivity index (χ3n) is 2.28. The van der Waals surface area contributed by atoms with Crippen molar-refractivity contribution in [3.63, 3.8) is 0 Å². The third kappa shape index (κ3) is 4.03. The molecule has 0 fully saturated rings. The van der Waals surface area contributed by atoms with E-state index in [0.29, 0.717) is 5.56 Å². The molecule has 0 spiro atoms. The minimum absolute atomic E-state index is 0.0148. The molecular weight excluding hydrogens is 244 g/mol. The number of non-ortho nitro benzene ring substituents is 1. The molecule has 0 saturated carbocycles. The average Bonchev–Trinajstić information content (AvgIpc) is 2.29. The largest absolute Gasteiger partial charge is 0.350 e. The highest BCUT2D eigenvalue weighted by molar-refractivity contribution is 6.18. The van der Waals surface area contributed by atoms with Gasteiger partial charge in [0.05, 0.1) is 11.0 Å². The maximum absolute atomic E-state index is 11.3. The van der Waals surface area contributed by atoms with Crippen molar-refractivity contribution in [2.75, 3.05) is 5.88 Å². The van der Waals surface area contributed by atoms with E-state index in [-0.39, 0.29) is 29.9 Å². The SMILES string of the molecule is CC(NC(=O)CCCl)c1cccc([N+](=O)[O-])c1. The Bertz CT molecular complexity index is 423. The number of carbonyl (C=O) groups excluding carboxylic acids is 1. The minimum atomic E-state index is -0.462. The van der Waals surface area contributed by atoms with Crippen molar-refractivity contribution in [2.45, 2.75) is 19.4 Å². The molecule has 1 amide bonds. The number of nitrogens with one attached hydrogen (secondary N) is 1. The van der Waals surface area contributed by atoms with Crippen LogP contribution >= 0.6 is 11.6 Å². The van der Waals surface area contributed by atoms with Gasteiger partial charge < -0.3 is 5.32 Å². The summed E-state index contributed by atoms with van der Waals surface area (Å²) in [6.45, 7) is 1.77. The first-order valence-electron chi connectivity index (χ1n) is 5.14. The van der Waals surface area contributed by atoms with Crippen molar-refractivity contribution in [1.29, 1.82) is 0 Å². The van der Waals surface area contributed by atoms with Crippen LogP contribution in [0.3, 0.4) is 0 Å². The smallest absolute Gasteiger partial charge is 0.269 e. The van der Waals surface area contributed by atoms with E-state index in [0.717, 1.165) is 0 Å². The van der Waals surface area contributed by atoms with Gasteiger partial charge in [-0.1, -0.05) is 12.1 Å². The molecule has 5 nitrogen and oxygen atoms in total. The first-order chi connectivity index (χ1) is 8.04. The Morgan fingerprint density at radius 3 is 2.88 bits per heavy atom. The molecule has 1 atom stereocenters. The zero-order chi connectivity index (χ0) is 12.8. The van der Waals surface area contributed by atoms with Crippen LogP contribution in [0.15, 0.2) is 24.3 Å². The van der Waals surface area contributed by atoms with Crippen LogP contribution in [-0.4, -0.2) is 16.7 Å². The molecule has 0 aromatic heterocycles. The predicted molar refractivity (Wildman–Crippen MR) is 65.0 cm³/mol. The summed E-state index contributed by atoms with van der Waals surface area (Å²) < 4.78 is 0. The number of halogens is 1. The number of rotatable bonds is 5. The van der Waals surface area contributed by atoms with Gasteiger partial charge >= 0.3 is 0 Å². The first-order valence-corrected chi connectivity index (χ1v) is 5.67. The second-order valence-corrected chi connectivity index (χ2v) is 3.96. The summed E-state index contributed by atoms with van der Waals surface area (Å²) in [7, 11) is 0. The number of hydrogen-bond acceptors (Lipinski definition) is 3. The van der Waals surface area contributed by atoms with E-state index >= 15 is 0 Å². The van der Waals surface area contributed by atoms with Crippen molar-refractivity contribution in [1.82, 2.24) is 5.32 Å². The van der Waals surface area contributed by atoms with E-state index in [1.54, 1.807) is 19.1 Å². The molecule has 0 aliphatic carbocycles. The average molecular weight is 257 g/mol. The summed E-state index contributed by atoms with van der Waals surface area (Å²) >= 11 is 5.44. The van der Waals surface area contributed by atoms with E-state index in [4.69, 9.17) is 11.6 Å². The predicted octanol–water partition coefficient (Wildman–Crippen LogP) is 2.40. The molecule has 0 saturated heterocycles. The van der Waals surface area contributed by atoms with Crippen LogP contribution in [0.25, 0.3) is 0 Å². The standard InChI is InChI=1S/C11H13ClN2O3/c1-8(13-11(15)5-6-12)9-3-2-4-10(7-9)14(16)17/h2-4,7-8H,5-6H2,1H3,(H,13,15). The zero-order valence-corrected chi connectivity index (χ0v) is 10.1. The van der Waals surface area contributed by atoms with Gasteiger partial charge in [0.1, 0.15) is 0 Å². The van der Waals surface area contributed by atoms with Gasteiger partial charge in [-0.15, -0.1) is 11.6 Å². The summed E-state index contributed by atoms with van der Waals surface area (Å²) in [4.78, 5) is 21.5. The molecule has 0 heterocycles. The van der Waals surface area contributed by atoms with Crippen molar-refractivity contribution >= 4 is 23.2 Å². The summed E-state index contributed by atoms with van der Waals surface area (Å²) in [5, 5.41) is 13.3. The fourth-order valence-electron chi connectivity index (χ4n) is 1.39. The first kappa shape index (κ1) is 13.4. The lowest BCUT2D eigenvalue weighted by Gasteiger charge is -2.13. The fraction of sp³-hybridized carbons (Fsp3) is 0.364. The van der Waals surface area contributed by atoms with Crippen LogP contribution in [0, 0.1) is 10.1 Å². The number of benzene rings is 1. The molecule has 0 bridgehead atoms. The number of amides is 1. The highest BCUT2D eigenvalue weighted by atomic mass is 35.5. The second-order valence-electron chi connectivity index (χ2n) is 3.58. The molecule has 1 N–H and O–H groups in total. The fourth-order valence-corrected chi connectivity index (χ4v) is 1.56. The monoisotopic (exact) mass is 256 g/mol. The lowest BCUT2D eigenvalue weighted by molar-refractivity contribution is -0.384. The van der Waals surface area contributed by atoms with Crippen molar-refractivity contribution in [3.8, 4) is 0 Å². The van der Waals surface area contributed by atoms with Crippen LogP contribution in [0.2, 0.25) is 0 Å². The van der Waals surface area contributed by atoms with Crippen LogP contribution in [0.1, 0.15) is 24.9 Å². The summed E-state index contributed by atoms with van der Waals surface area (Å²) in [5.74, 6) is 0.0898. The van der Waals surface area contributed by atoms with E-state index in [1.807, 2.05) is 0 Å². The highest BCUT2D eigenvalue weighted by Crippen LogP contribution is 2.18. The number of nitro benzene ring substituents is 1. The molecule has 0 aliphatic rings. The van der Waals surface area contributed by atoms with Crippen LogP contribution in [0.4, 0.5) is 5.69 Å². The summed E-state index contributed by atoms with van der Waals surface area (Å²) in [6, 6.07) is 5.92. The van der Waals surface area contributed by atoms with Crippen LogP contribution < -0.4 is 5.32 Å². The molecule has 1 aromatic rings. The Morgan fingerprint density at radius 1 is 1.59 bits per heavy atom. The number of carbonyl (C=O) groups is 1. The van der Waals surface area contributed by atoms with E-state index in [1.165, 1.54) is 12.1 Å². The van der Waals surface area contributed by atoms with Crippen molar-refractivity contribution < 1.29 is 9.72 Å². The maximum Gasteiger partial charge on any atom is 0.269 e. The third-order valence-corrected chi connectivity index (χ3v) is 2.47. The lowest BCUT2D eigenvalue weighted by atomic mass is 10.1. The molecule has 1 rings (SSSR count). The van der Waals surface area contributed by atoms with E-state index in [2.05, 4.69) is 5.32 Å². The summed E-state index contributed by atoms with van der Waals surface area (Å²) in [5.41, 5.74) is 0.711. The Hall–Kier alpha value is -1.62. The van der Waals surface area contributed by atoms with Gasteiger partial charge in [0.2, 0.25) is 5.91 Å². The van der Waals surface area contributed by atoms with Gasteiger partial charge in [0, 0.05) is 24.4 Å². The Labute approximate surface area is 104 Å². The van der Waals surface area contributed by atoms with Crippen LogP contribution in [0.5, 0.6) is 0 Å². The molecule has 17 heavy (non-hydrogen) atoms.